The summed E-state index contributed by atoms with van der Waals surface area (Å²) in [6.07, 6.45) is 10.8. The molecule has 0 bridgehead atoms. The number of fused-ring (bicyclic) bond motifs is 1. The van der Waals surface area contributed by atoms with Gasteiger partial charge < -0.3 is 0 Å². The lowest BCUT2D eigenvalue weighted by Crippen LogP contribution is -2.07. The molecule has 0 unspecified atom stereocenters. The summed E-state index contributed by atoms with van der Waals surface area (Å²) >= 11 is 0. The Labute approximate surface area is 117 Å². The number of allylic oxidation sites excluding steroid dienone is 1. The lowest BCUT2D eigenvalue weighted by molar-refractivity contribution is 0.443. The molecule has 3 rings (SSSR count). The molecule has 2 aliphatic rings. The largest absolute Gasteiger partial charge is 0.0626 e. The molecule has 1 fully saturated rings. The minimum Gasteiger partial charge on any atom is -0.0626 e. The molecule has 1 aromatic carbocycles. The molecule has 0 amide bonds. The van der Waals surface area contributed by atoms with Crippen molar-refractivity contribution in [3.8, 4) is 0 Å². The van der Waals surface area contributed by atoms with Crippen LogP contribution in [0.3, 0.4) is 0 Å². The number of benzene rings is 1. The van der Waals surface area contributed by atoms with E-state index in [-0.39, 0.29) is 0 Å². The maximum Gasteiger partial charge on any atom is -0.00551 e. The van der Waals surface area contributed by atoms with Crippen LogP contribution in [0, 0.1) is 12.8 Å². The van der Waals surface area contributed by atoms with Gasteiger partial charge in [0.05, 0.1) is 0 Å². The van der Waals surface area contributed by atoms with Gasteiger partial charge in [-0.05, 0) is 54.7 Å². The molecule has 102 valence electrons. The summed E-state index contributed by atoms with van der Waals surface area (Å²) in [4.78, 5) is 0. The van der Waals surface area contributed by atoms with Crippen LogP contribution in [0.25, 0.3) is 6.08 Å². The summed E-state index contributed by atoms with van der Waals surface area (Å²) < 4.78 is 0. The third kappa shape index (κ3) is 2.50. The molecule has 0 N–H and O–H groups in total. The second-order valence-corrected chi connectivity index (χ2v) is 6.81. The van der Waals surface area contributed by atoms with E-state index >= 15 is 0 Å². The predicted molar refractivity (Wildman–Crippen MR) is 83.5 cm³/mol. The zero-order valence-electron chi connectivity index (χ0n) is 12.6. The fourth-order valence-electron chi connectivity index (χ4n) is 3.80. The van der Waals surface area contributed by atoms with E-state index in [1.807, 2.05) is 0 Å². The van der Waals surface area contributed by atoms with Gasteiger partial charge in [-0.2, -0.15) is 0 Å². The third-order valence-electron chi connectivity index (χ3n) is 4.95. The van der Waals surface area contributed by atoms with Crippen LogP contribution in [0.1, 0.15) is 74.1 Å². The van der Waals surface area contributed by atoms with Gasteiger partial charge in [0.25, 0.3) is 0 Å². The fourth-order valence-corrected chi connectivity index (χ4v) is 3.80. The highest BCUT2D eigenvalue weighted by atomic mass is 14.3. The highest BCUT2D eigenvalue weighted by Gasteiger charge is 2.23. The first-order chi connectivity index (χ1) is 9.15. The van der Waals surface area contributed by atoms with Crippen LogP contribution in [0.2, 0.25) is 0 Å². The molecular weight excluding hydrogens is 228 g/mol. The second kappa shape index (κ2) is 5.15. The van der Waals surface area contributed by atoms with E-state index in [1.54, 1.807) is 22.3 Å². The summed E-state index contributed by atoms with van der Waals surface area (Å²) in [6, 6.07) is 4.88. The summed E-state index contributed by atoms with van der Waals surface area (Å²) in [5.41, 5.74) is 7.91. The molecule has 0 nitrogen and oxygen atoms in total. The molecule has 1 saturated carbocycles. The van der Waals surface area contributed by atoms with Gasteiger partial charge in [-0.3, -0.25) is 0 Å². The van der Waals surface area contributed by atoms with Crippen LogP contribution in [0.15, 0.2) is 17.7 Å². The van der Waals surface area contributed by atoms with Crippen molar-refractivity contribution >= 4 is 6.08 Å². The van der Waals surface area contributed by atoms with Crippen LogP contribution in [-0.2, 0) is 6.42 Å². The molecule has 0 heteroatoms. The van der Waals surface area contributed by atoms with Gasteiger partial charge in [0, 0.05) is 0 Å². The Morgan fingerprint density at radius 1 is 1.05 bits per heavy atom. The molecular formula is C19H26. The van der Waals surface area contributed by atoms with E-state index in [2.05, 4.69) is 39.0 Å². The normalized spacial score (nSPS) is 19.7. The number of aryl methyl sites for hydroxylation is 1. The maximum atomic E-state index is 2.50. The Balaban J connectivity index is 2.00. The van der Waals surface area contributed by atoms with Gasteiger partial charge >= 0.3 is 0 Å². The van der Waals surface area contributed by atoms with E-state index < -0.39 is 0 Å². The summed E-state index contributed by atoms with van der Waals surface area (Å²) in [6.45, 7) is 6.91. The summed E-state index contributed by atoms with van der Waals surface area (Å²) in [5.74, 6) is 1.51. The Morgan fingerprint density at radius 3 is 2.47 bits per heavy atom. The Hall–Kier alpha value is -1.04. The smallest absolute Gasteiger partial charge is 0.00551 e. The summed E-state index contributed by atoms with van der Waals surface area (Å²) in [7, 11) is 0. The molecule has 19 heavy (non-hydrogen) atoms. The SMILES string of the molecule is Cc1cc2c(c(C3CCCCC3)c1)C=C(C(C)C)C2. The minimum atomic E-state index is 0.687. The molecule has 0 saturated heterocycles. The van der Waals surface area contributed by atoms with Gasteiger partial charge in [-0.15, -0.1) is 0 Å². The lowest BCUT2D eigenvalue weighted by Gasteiger charge is -2.24. The van der Waals surface area contributed by atoms with Gasteiger partial charge in [-0.1, -0.05) is 62.5 Å². The average Bonchev–Trinajstić information content (AvgIpc) is 2.82. The van der Waals surface area contributed by atoms with Gasteiger partial charge in [0.1, 0.15) is 0 Å². The number of hydrogen-bond acceptors (Lipinski definition) is 0. The van der Waals surface area contributed by atoms with Crippen molar-refractivity contribution in [3.05, 3.63) is 40.0 Å². The zero-order valence-corrected chi connectivity index (χ0v) is 12.6. The van der Waals surface area contributed by atoms with Crippen molar-refractivity contribution < 1.29 is 0 Å². The molecule has 0 aromatic heterocycles. The molecule has 0 atom stereocenters. The van der Waals surface area contributed by atoms with E-state index in [0.717, 1.165) is 5.92 Å². The first-order valence-corrected chi connectivity index (χ1v) is 7.99. The van der Waals surface area contributed by atoms with Crippen LogP contribution in [0.4, 0.5) is 0 Å². The molecule has 0 heterocycles. The standard InChI is InChI=1S/C19H26/c1-13(2)16-11-17-9-14(3)10-18(19(17)12-16)15-7-5-4-6-8-15/h9-10,12-13,15H,4-8,11H2,1-3H3. The van der Waals surface area contributed by atoms with Crippen molar-refractivity contribution in [1.29, 1.82) is 0 Å². The Kier molecular flexibility index (Phi) is 3.52. The van der Waals surface area contributed by atoms with Gasteiger partial charge in [0.15, 0.2) is 0 Å². The molecule has 0 spiro atoms. The third-order valence-corrected chi connectivity index (χ3v) is 4.95. The highest BCUT2D eigenvalue weighted by Crippen LogP contribution is 2.40. The molecule has 0 radical (unpaired) electrons. The van der Waals surface area contributed by atoms with E-state index in [1.165, 1.54) is 44.1 Å². The molecule has 1 aromatic rings. The van der Waals surface area contributed by atoms with Crippen LogP contribution in [-0.4, -0.2) is 0 Å². The average molecular weight is 254 g/mol. The van der Waals surface area contributed by atoms with Crippen LogP contribution < -0.4 is 0 Å². The van der Waals surface area contributed by atoms with E-state index in [4.69, 9.17) is 0 Å². The highest BCUT2D eigenvalue weighted by molar-refractivity contribution is 5.68. The second-order valence-electron chi connectivity index (χ2n) is 6.81. The van der Waals surface area contributed by atoms with Gasteiger partial charge in [0.2, 0.25) is 0 Å². The fraction of sp³-hybridized carbons (Fsp3) is 0.579. The van der Waals surface area contributed by atoms with Crippen molar-refractivity contribution in [3.63, 3.8) is 0 Å². The number of hydrogen-bond donors (Lipinski definition) is 0. The quantitative estimate of drug-likeness (QED) is 0.641. The maximum absolute atomic E-state index is 2.50. The molecule has 0 aliphatic heterocycles. The van der Waals surface area contributed by atoms with Crippen molar-refractivity contribution in [1.82, 2.24) is 0 Å². The Bertz CT molecular complexity index is 499. The Morgan fingerprint density at radius 2 is 1.79 bits per heavy atom. The zero-order chi connectivity index (χ0) is 13.4. The van der Waals surface area contributed by atoms with Gasteiger partial charge in [-0.25, -0.2) is 0 Å². The first-order valence-electron chi connectivity index (χ1n) is 7.99. The molecule has 2 aliphatic carbocycles. The van der Waals surface area contributed by atoms with E-state index in [0.29, 0.717) is 5.92 Å². The predicted octanol–water partition coefficient (Wildman–Crippen LogP) is 5.64. The first kappa shape index (κ1) is 13.0. The number of rotatable bonds is 2. The summed E-state index contributed by atoms with van der Waals surface area (Å²) in [5, 5.41) is 0. The monoisotopic (exact) mass is 254 g/mol. The van der Waals surface area contributed by atoms with Crippen LogP contribution >= 0.6 is 0 Å². The minimum absolute atomic E-state index is 0.687. The van der Waals surface area contributed by atoms with E-state index in [9.17, 15) is 0 Å². The topological polar surface area (TPSA) is 0 Å². The van der Waals surface area contributed by atoms with Crippen molar-refractivity contribution in [2.75, 3.05) is 0 Å². The van der Waals surface area contributed by atoms with Crippen molar-refractivity contribution in [2.24, 2.45) is 5.92 Å². The van der Waals surface area contributed by atoms with Crippen molar-refractivity contribution in [2.45, 2.75) is 65.2 Å². The van der Waals surface area contributed by atoms with Crippen LogP contribution in [0.5, 0.6) is 0 Å². The lowest BCUT2D eigenvalue weighted by atomic mass is 9.81.